The Morgan fingerprint density at radius 2 is 0.534 bits per heavy atom. The van der Waals surface area contributed by atoms with Gasteiger partial charge in [-0.05, 0) is 134 Å². The number of rotatable bonds is 5. The van der Waals surface area contributed by atoms with Gasteiger partial charge < -0.3 is 22.8 Å². The molecule has 6 nitrogen and oxygen atoms in total. The predicted molar refractivity (Wildman–Crippen MR) is 302 cm³/mol. The predicted octanol–water partition coefficient (Wildman–Crippen LogP) is 16.3. The molecule has 7 aromatic carbocycles. The van der Waals surface area contributed by atoms with E-state index in [1.54, 1.807) is 0 Å². The molecule has 346 valence electrons. The van der Waals surface area contributed by atoms with Gasteiger partial charge in [0.2, 0.25) is 0 Å². The van der Waals surface area contributed by atoms with Crippen molar-refractivity contribution in [3.63, 3.8) is 0 Å². The number of para-hydroxylation sites is 6. The van der Waals surface area contributed by atoms with Gasteiger partial charge in [-0.15, -0.1) is 0 Å². The monoisotopic (exact) mass is 936 g/mol. The van der Waals surface area contributed by atoms with Crippen LogP contribution in [0.4, 0.5) is 0 Å². The molecule has 0 saturated heterocycles. The topological polar surface area (TPSA) is 48.4 Å². The molecule has 0 amide bonds. The Bertz CT molecular complexity index is 4290. The van der Waals surface area contributed by atoms with E-state index in [9.17, 15) is 5.26 Å². The zero-order valence-corrected chi connectivity index (χ0v) is 40.3. The third-order valence-electron chi connectivity index (χ3n) is 16.6. The lowest BCUT2D eigenvalue weighted by Gasteiger charge is -2.31. The molecule has 0 aliphatic heterocycles. The van der Waals surface area contributed by atoms with E-state index in [1.807, 2.05) is 0 Å². The number of hydrogen-bond acceptors (Lipinski definition) is 1. The minimum Gasteiger partial charge on any atom is -0.306 e. The lowest BCUT2D eigenvalue weighted by molar-refractivity contribution is 0.909. The smallest absolute Gasteiger partial charge is 0.105 e. The van der Waals surface area contributed by atoms with Crippen LogP contribution in [0.3, 0.4) is 0 Å². The first-order chi connectivity index (χ1) is 36.3. The molecule has 4 aliphatic carbocycles. The van der Waals surface area contributed by atoms with Crippen molar-refractivity contribution in [2.45, 2.75) is 51.4 Å². The van der Waals surface area contributed by atoms with Crippen molar-refractivity contribution in [3.8, 4) is 34.5 Å². The molecular weight excluding hydrogens is 889 g/mol. The van der Waals surface area contributed by atoms with Crippen molar-refractivity contribution in [1.82, 2.24) is 22.8 Å². The number of allylic oxidation sites excluding steroid dienone is 4. The second-order valence-electron chi connectivity index (χ2n) is 20.2. The van der Waals surface area contributed by atoms with Crippen LogP contribution in [0.1, 0.15) is 76.3 Å². The maximum absolute atomic E-state index is 12.9. The number of benzene rings is 7. The van der Waals surface area contributed by atoms with Gasteiger partial charge >= 0.3 is 0 Å². The van der Waals surface area contributed by atoms with Gasteiger partial charge in [0.25, 0.3) is 0 Å². The average molecular weight is 937 g/mol. The number of nitriles is 1. The molecule has 6 heteroatoms. The summed E-state index contributed by atoms with van der Waals surface area (Å²) in [5.41, 5.74) is 21.9. The van der Waals surface area contributed by atoms with Crippen molar-refractivity contribution in [3.05, 3.63) is 220 Å². The lowest BCUT2D eigenvalue weighted by Crippen LogP contribution is -2.21. The van der Waals surface area contributed by atoms with Crippen molar-refractivity contribution >= 4 is 89.7 Å². The van der Waals surface area contributed by atoms with Gasteiger partial charge in [-0.1, -0.05) is 133 Å². The summed E-state index contributed by atoms with van der Waals surface area (Å²) in [7, 11) is 0. The fraction of sp³-hybridized carbons (Fsp3) is 0.119. The Kier molecular flexibility index (Phi) is 8.62. The largest absolute Gasteiger partial charge is 0.306 e. The first-order valence-corrected chi connectivity index (χ1v) is 26.1. The van der Waals surface area contributed by atoms with Gasteiger partial charge in [0.15, 0.2) is 0 Å². The van der Waals surface area contributed by atoms with Crippen molar-refractivity contribution in [1.29, 1.82) is 5.26 Å². The summed E-state index contributed by atoms with van der Waals surface area (Å²) in [5.74, 6) is 0. The van der Waals surface area contributed by atoms with E-state index in [2.05, 4.69) is 223 Å². The molecule has 12 aromatic rings. The fourth-order valence-corrected chi connectivity index (χ4v) is 13.7. The second kappa shape index (κ2) is 15.5. The molecule has 0 bridgehead atoms. The fourth-order valence-electron chi connectivity index (χ4n) is 13.7. The molecule has 0 spiro atoms. The molecule has 0 unspecified atom stereocenters. The highest BCUT2D eigenvalue weighted by atomic mass is 15.2. The first kappa shape index (κ1) is 40.7. The van der Waals surface area contributed by atoms with E-state index in [0.29, 0.717) is 5.56 Å². The molecule has 16 rings (SSSR count). The summed E-state index contributed by atoms with van der Waals surface area (Å²) in [6.07, 6.45) is 26.3. The average Bonchev–Trinajstić information content (AvgIpc) is 4.25. The molecule has 4 aliphatic rings. The summed E-state index contributed by atoms with van der Waals surface area (Å²) < 4.78 is 12.7. The molecule has 0 fully saturated rings. The summed E-state index contributed by atoms with van der Waals surface area (Å²) >= 11 is 0. The molecule has 0 N–H and O–H groups in total. The zero-order chi connectivity index (χ0) is 47.9. The van der Waals surface area contributed by atoms with Crippen LogP contribution in [0.25, 0.3) is 118 Å². The van der Waals surface area contributed by atoms with Gasteiger partial charge in [0.1, 0.15) is 11.6 Å². The van der Waals surface area contributed by atoms with Crippen LogP contribution in [-0.4, -0.2) is 22.8 Å². The lowest BCUT2D eigenvalue weighted by atomic mass is 9.98. The Hall–Kier alpha value is -9.05. The van der Waals surface area contributed by atoms with Gasteiger partial charge in [-0.25, -0.2) is 0 Å². The number of aryl methyl sites for hydroxylation is 4. The van der Waals surface area contributed by atoms with Gasteiger partial charge in [-0.3, -0.25) is 0 Å². The van der Waals surface area contributed by atoms with E-state index < -0.39 is 0 Å². The minimum absolute atomic E-state index is 0.622. The summed E-state index contributed by atoms with van der Waals surface area (Å²) in [5, 5.41) is 20.2. The Morgan fingerprint density at radius 1 is 0.288 bits per heavy atom. The van der Waals surface area contributed by atoms with Crippen LogP contribution < -0.4 is 0 Å². The van der Waals surface area contributed by atoms with Crippen LogP contribution in [0.15, 0.2) is 170 Å². The summed E-state index contributed by atoms with van der Waals surface area (Å²) in [6, 6.07) is 56.8. The van der Waals surface area contributed by atoms with E-state index in [1.165, 1.54) is 54.6 Å². The quantitative estimate of drug-likeness (QED) is 0.170. The Morgan fingerprint density at radius 3 is 0.836 bits per heavy atom. The van der Waals surface area contributed by atoms with E-state index in [0.717, 1.165) is 136 Å². The Labute approximate surface area is 422 Å². The van der Waals surface area contributed by atoms with Crippen molar-refractivity contribution < 1.29 is 0 Å². The second-order valence-corrected chi connectivity index (χ2v) is 20.2. The maximum Gasteiger partial charge on any atom is 0.105 e. The Balaban J connectivity index is 1.28. The van der Waals surface area contributed by atoms with E-state index in [-0.39, 0.29) is 0 Å². The normalized spacial score (nSPS) is 14.7. The van der Waals surface area contributed by atoms with Crippen molar-refractivity contribution in [2.24, 2.45) is 0 Å². The molecule has 73 heavy (non-hydrogen) atoms. The molecule has 5 aromatic heterocycles. The molecule has 5 heterocycles. The number of hydrogen-bond donors (Lipinski definition) is 0. The summed E-state index contributed by atoms with van der Waals surface area (Å²) in [6.45, 7) is 0. The number of nitrogens with zero attached hydrogens (tertiary/aromatic N) is 6. The van der Waals surface area contributed by atoms with E-state index in [4.69, 9.17) is 0 Å². The SMILES string of the molecule is N#Cc1c(-n2c3c(c4ccccc42)CCC=C3)c(-n2c3c(c4ccccc42)CCC=C3)c(-n2c3ccccc3c3ccccc32)c(-n2c3c(c4ccccc42)CCC=C3)c1-n1c2c(c3ccccc31)CCC=C2. The van der Waals surface area contributed by atoms with Gasteiger partial charge in [0.05, 0.1) is 61.5 Å². The third-order valence-corrected chi connectivity index (χ3v) is 16.6. The van der Waals surface area contributed by atoms with Crippen LogP contribution in [0.2, 0.25) is 0 Å². The zero-order valence-electron chi connectivity index (χ0n) is 40.3. The molecule has 0 saturated carbocycles. The van der Waals surface area contributed by atoms with Crippen LogP contribution in [0, 0.1) is 11.3 Å². The first-order valence-electron chi connectivity index (χ1n) is 26.1. The van der Waals surface area contributed by atoms with Crippen LogP contribution in [-0.2, 0) is 25.7 Å². The minimum atomic E-state index is 0.622. The molecule has 0 radical (unpaired) electrons. The van der Waals surface area contributed by atoms with Gasteiger partial charge in [0, 0.05) is 55.1 Å². The standard InChI is InChI=1S/C67H48N6/c68-41-52-63(69-53-31-11-1-21-42(53)43-22-2-12-32-54(43)69)65(71-57-35-15-5-25-46(57)47-26-6-16-36-58(47)71)67(73-61-39-19-9-29-50(61)51-30-10-20-40-62(51)73)66(72-59-37-17-7-27-48(59)49-28-8-18-38-60(49)72)64(52)70-55-33-13-3-23-44(55)45-24-4-14-34-56(45)70/h1,3,5,7,9-21,23,25,27,29-40H,2,4,6,8,22,24,26,28H2. The number of fused-ring (bicyclic) bond motifs is 15. The molecule has 0 atom stereocenters. The van der Waals surface area contributed by atoms with Crippen LogP contribution >= 0.6 is 0 Å². The van der Waals surface area contributed by atoms with Crippen molar-refractivity contribution in [2.75, 3.05) is 0 Å². The maximum atomic E-state index is 12.9. The number of aromatic nitrogens is 5. The summed E-state index contributed by atoms with van der Waals surface area (Å²) in [4.78, 5) is 0. The third kappa shape index (κ3) is 5.46. The highest BCUT2D eigenvalue weighted by Crippen LogP contribution is 2.52. The highest BCUT2D eigenvalue weighted by molar-refractivity contribution is 6.12. The van der Waals surface area contributed by atoms with Crippen LogP contribution in [0.5, 0.6) is 0 Å². The molecular formula is C67H48N6. The van der Waals surface area contributed by atoms with E-state index >= 15 is 0 Å². The van der Waals surface area contributed by atoms with Gasteiger partial charge in [-0.2, -0.15) is 5.26 Å². The highest BCUT2D eigenvalue weighted by Gasteiger charge is 2.38.